The Morgan fingerprint density at radius 3 is 2.33 bits per heavy atom. The molecule has 5 heteroatoms. The van der Waals surface area contributed by atoms with E-state index in [2.05, 4.69) is 22.2 Å². The monoisotopic (exact) mass is 297 g/mol. The number of nitrogens with one attached hydrogen (secondary N) is 1. The summed E-state index contributed by atoms with van der Waals surface area (Å²) < 4.78 is 0. The number of piperidine rings is 1. The molecule has 1 saturated heterocycles. The Morgan fingerprint density at radius 2 is 1.86 bits per heavy atom. The van der Waals surface area contributed by atoms with E-state index in [-0.39, 0.29) is 23.7 Å². The van der Waals surface area contributed by atoms with Gasteiger partial charge >= 0.3 is 0 Å². The van der Waals surface area contributed by atoms with E-state index >= 15 is 0 Å². The lowest BCUT2D eigenvalue weighted by Crippen LogP contribution is -2.47. The Bertz CT molecular complexity index is 349. The highest BCUT2D eigenvalue weighted by molar-refractivity contribution is 5.88. The molecule has 1 fully saturated rings. The Kier molecular flexibility index (Phi) is 7.32. The first-order valence-electron chi connectivity index (χ1n) is 7.96. The fourth-order valence-electron chi connectivity index (χ4n) is 2.95. The van der Waals surface area contributed by atoms with Crippen molar-refractivity contribution in [3.8, 4) is 0 Å². The molecule has 0 radical (unpaired) electrons. The summed E-state index contributed by atoms with van der Waals surface area (Å²) in [6, 6.07) is -0.366. The number of likely N-dealkylation sites (N-methyl/N-ethyl adjacent to an activating group) is 1. The van der Waals surface area contributed by atoms with Gasteiger partial charge in [-0.15, -0.1) is 0 Å². The second kappa shape index (κ2) is 8.49. The van der Waals surface area contributed by atoms with Crippen LogP contribution in [0.25, 0.3) is 0 Å². The van der Waals surface area contributed by atoms with Crippen molar-refractivity contribution in [3.63, 3.8) is 0 Å². The third kappa shape index (κ3) is 6.57. The maximum atomic E-state index is 12.1. The quantitative estimate of drug-likeness (QED) is 0.761. The van der Waals surface area contributed by atoms with Gasteiger partial charge in [-0.1, -0.05) is 13.8 Å². The molecule has 1 atom stereocenters. The smallest absolute Gasteiger partial charge is 0.234 e. The molecule has 0 aromatic rings. The molecule has 1 N–H and O–H groups in total. The first-order valence-corrected chi connectivity index (χ1v) is 7.96. The summed E-state index contributed by atoms with van der Waals surface area (Å²) in [6.07, 6.45) is 2.40. The number of carbonyl (C=O) groups is 2. The lowest BCUT2D eigenvalue weighted by molar-refractivity contribution is -0.128. The van der Waals surface area contributed by atoms with Gasteiger partial charge in [0.25, 0.3) is 0 Å². The minimum Gasteiger partial charge on any atom is -0.345 e. The van der Waals surface area contributed by atoms with Gasteiger partial charge in [0, 0.05) is 6.54 Å². The maximum absolute atomic E-state index is 12.1. The predicted octanol–water partition coefficient (Wildman–Crippen LogP) is 0.990. The first-order chi connectivity index (χ1) is 9.79. The first kappa shape index (κ1) is 18.1. The van der Waals surface area contributed by atoms with E-state index in [0.717, 1.165) is 19.6 Å². The van der Waals surface area contributed by atoms with E-state index < -0.39 is 0 Å². The molecule has 0 aliphatic carbocycles. The molecule has 1 rings (SSSR count). The van der Waals surface area contributed by atoms with Crippen LogP contribution in [0.2, 0.25) is 0 Å². The van der Waals surface area contributed by atoms with Gasteiger partial charge in [0.1, 0.15) is 0 Å². The van der Waals surface area contributed by atoms with Gasteiger partial charge in [0.2, 0.25) is 5.91 Å². The molecule has 1 aliphatic heterocycles. The highest BCUT2D eigenvalue weighted by Crippen LogP contribution is 2.16. The minimum atomic E-state index is -0.366. The number of amides is 1. The van der Waals surface area contributed by atoms with Crippen LogP contribution >= 0.6 is 0 Å². The van der Waals surface area contributed by atoms with Crippen LogP contribution in [0.4, 0.5) is 0 Å². The van der Waals surface area contributed by atoms with Gasteiger partial charge in [-0.05, 0) is 58.8 Å². The van der Waals surface area contributed by atoms with Crippen molar-refractivity contribution in [2.75, 3.05) is 40.3 Å². The summed E-state index contributed by atoms with van der Waals surface area (Å²) in [5, 5.41) is 2.85. The summed E-state index contributed by atoms with van der Waals surface area (Å²) in [6.45, 7) is 9.04. The molecule has 122 valence electrons. The zero-order valence-corrected chi connectivity index (χ0v) is 14.2. The van der Waals surface area contributed by atoms with Crippen LogP contribution in [0.15, 0.2) is 0 Å². The van der Waals surface area contributed by atoms with Gasteiger partial charge in [0.15, 0.2) is 5.78 Å². The minimum absolute atomic E-state index is 0.0244. The summed E-state index contributed by atoms with van der Waals surface area (Å²) >= 11 is 0. The molecule has 1 heterocycles. The van der Waals surface area contributed by atoms with Crippen molar-refractivity contribution in [2.45, 2.75) is 39.7 Å². The Balaban J connectivity index is 2.34. The molecule has 1 amide bonds. The van der Waals surface area contributed by atoms with Gasteiger partial charge in [-0.2, -0.15) is 0 Å². The van der Waals surface area contributed by atoms with Gasteiger partial charge in [-0.3, -0.25) is 14.5 Å². The fourth-order valence-corrected chi connectivity index (χ4v) is 2.95. The molecular formula is C16H31N3O2. The van der Waals surface area contributed by atoms with Crippen molar-refractivity contribution in [2.24, 2.45) is 11.8 Å². The number of carbonyl (C=O) groups excluding carboxylic acids is 2. The van der Waals surface area contributed by atoms with E-state index in [4.69, 9.17) is 0 Å². The van der Waals surface area contributed by atoms with Crippen molar-refractivity contribution in [3.05, 3.63) is 0 Å². The standard InChI is InChI=1S/C16H31N3O2/c1-12(2)16(13(3)20)17-15(21)11-19(5)10-14-6-8-18(4)9-7-14/h12,14,16H,6-11H2,1-5H3,(H,17,21). The lowest BCUT2D eigenvalue weighted by Gasteiger charge is -2.31. The SMILES string of the molecule is CC(=O)C(NC(=O)CN(C)CC1CCN(C)CC1)C(C)C. The Morgan fingerprint density at radius 1 is 1.29 bits per heavy atom. The van der Waals surface area contributed by atoms with Crippen LogP contribution < -0.4 is 5.32 Å². The summed E-state index contributed by atoms with van der Waals surface area (Å²) in [7, 11) is 4.14. The van der Waals surface area contributed by atoms with Crippen LogP contribution in [0.1, 0.15) is 33.6 Å². The maximum Gasteiger partial charge on any atom is 0.234 e. The molecule has 1 unspecified atom stereocenters. The van der Waals surface area contributed by atoms with E-state index in [1.54, 1.807) is 0 Å². The molecule has 5 nitrogen and oxygen atoms in total. The number of Topliss-reactive ketones (excluding diaryl/α,β-unsaturated/α-hetero) is 1. The number of hydrogen-bond donors (Lipinski definition) is 1. The molecule has 0 aromatic heterocycles. The zero-order valence-electron chi connectivity index (χ0n) is 14.2. The second-order valence-corrected chi connectivity index (χ2v) is 6.84. The second-order valence-electron chi connectivity index (χ2n) is 6.84. The number of hydrogen-bond acceptors (Lipinski definition) is 4. The van der Waals surface area contributed by atoms with Gasteiger partial charge in [0.05, 0.1) is 12.6 Å². The number of likely N-dealkylation sites (tertiary alicyclic amines) is 1. The van der Waals surface area contributed by atoms with Crippen molar-refractivity contribution < 1.29 is 9.59 Å². The van der Waals surface area contributed by atoms with Crippen LogP contribution in [0, 0.1) is 11.8 Å². The van der Waals surface area contributed by atoms with E-state index in [1.165, 1.54) is 19.8 Å². The van der Waals surface area contributed by atoms with Crippen molar-refractivity contribution in [1.82, 2.24) is 15.1 Å². The third-order valence-corrected chi connectivity index (χ3v) is 4.24. The highest BCUT2D eigenvalue weighted by atomic mass is 16.2. The topological polar surface area (TPSA) is 52.7 Å². The molecule has 0 spiro atoms. The highest BCUT2D eigenvalue weighted by Gasteiger charge is 2.22. The van der Waals surface area contributed by atoms with Crippen LogP contribution in [0.3, 0.4) is 0 Å². The largest absolute Gasteiger partial charge is 0.345 e. The van der Waals surface area contributed by atoms with E-state index in [9.17, 15) is 9.59 Å². The zero-order chi connectivity index (χ0) is 16.0. The average molecular weight is 297 g/mol. The molecule has 1 aliphatic rings. The molecule has 0 bridgehead atoms. The van der Waals surface area contributed by atoms with Crippen LogP contribution in [-0.2, 0) is 9.59 Å². The van der Waals surface area contributed by atoms with Crippen molar-refractivity contribution >= 4 is 11.7 Å². The van der Waals surface area contributed by atoms with Crippen LogP contribution in [-0.4, -0.2) is 67.8 Å². The normalized spacial score (nSPS) is 19.0. The van der Waals surface area contributed by atoms with Gasteiger partial charge < -0.3 is 10.2 Å². The molecular weight excluding hydrogens is 266 g/mol. The number of rotatable bonds is 7. The third-order valence-electron chi connectivity index (χ3n) is 4.24. The lowest BCUT2D eigenvalue weighted by atomic mass is 9.96. The Hall–Kier alpha value is -0.940. The predicted molar refractivity (Wildman–Crippen MR) is 85.2 cm³/mol. The molecule has 21 heavy (non-hydrogen) atoms. The summed E-state index contributed by atoms with van der Waals surface area (Å²) in [5.41, 5.74) is 0. The Labute approximate surface area is 129 Å². The van der Waals surface area contributed by atoms with E-state index in [0.29, 0.717) is 12.5 Å². The van der Waals surface area contributed by atoms with Crippen molar-refractivity contribution in [1.29, 1.82) is 0 Å². The van der Waals surface area contributed by atoms with E-state index in [1.807, 2.05) is 20.9 Å². The molecule has 0 aromatic carbocycles. The van der Waals surface area contributed by atoms with Crippen LogP contribution in [0.5, 0.6) is 0 Å². The van der Waals surface area contributed by atoms with Gasteiger partial charge in [-0.25, -0.2) is 0 Å². The fraction of sp³-hybridized carbons (Fsp3) is 0.875. The average Bonchev–Trinajstić information content (AvgIpc) is 2.38. The number of ketones is 1. The molecule has 0 saturated carbocycles. The summed E-state index contributed by atoms with van der Waals surface area (Å²) in [4.78, 5) is 28.0. The number of nitrogens with zero attached hydrogens (tertiary/aromatic N) is 2. The summed E-state index contributed by atoms with van der Waals surface area (Å²) in [5.74, 6) is 0.772.